The molecule has 1 aromatic carbocycles. The van der Waals surface area contributed by atoms with Crippen LogP contribution >= 0.6 is 0 Å². The number of nitrogens with one attached hydrogen (secondary N) is 1. The quantitative estimate of drug-likeness (QED) is 0.896. The number of carbonyl (C=O) groups excluding carboxylic acids is 1. The van der Waals surface area contributed by atoms with E-state index in [0.29, 0.717) is 6.54 Å². The van der Waals surface area contributed by atoms with Crippen LogP contribution in [0.15, 0.2) is 35.4 Å². The molecule has 0 unspecified atom stereocenters. The maximum atomic E-state index is 12.0. The Morgan fingerprint density at radius 3 is 2.87 bits per heavy atom. The number of hydrogen-bond acceptors (Lipinski definition) is 4. The van der Waals surface area contributed by atoms with Crippen molar-refractivity contribution < 1.29 is 9.53 Å². The minimum absolute atomic E-state index is 0.0417. The molecule has 0 atom stereocenters. The second-order valence-corrected chi connectivity index (χ2v) is 5.59. The highest BCUT2D eigenvalue weighted by Crippen LogP contribution is 2.29. The Balaban J connectivity index is 1.67. The van der Waals surface area contributed by atoms with Crippen molar-refractivity contribution >= 4 is 5.91 Å². The summed E-state index contributed by atoms with van der Waals surface area (Å²) in [7, 11) is 1.64. The molecule has 1 heterocycles. The zero-order chi connectivity index (χ0) is 16.2. The number of fused-ring (bicyclic) bond motifs is 1. The number of aromatic nitrogens is 2. The van der Waals surface area contributed by atoms with Crippen LogP contribution in [0.1, 0.15) is 23.1 Å². The average Bonchev–Trinajstić information content (AvgIpc) is 3.01. The molecule has 1 aliphatic carbocycles. The molecule has 0 radical (unpaired) electrons. The molecule has 1 N–H and O–H groups in total. The highest BCUT2D eigenvalue weighted by molar-refractivity contribution is 5.75. The van der Waals surface area contributed by atoms with E-state index in [1.54, 1.807) is 19.4 Å². The van der Waals surface area contributed by atoms with E-state index in [1.165, 1.54) is 21.9 Å². The van der Waals surface area contributed by atoms with Crippen molar-refractivity contribution in [3.63, 3.8) is 0 Å². The lowest BCUT2D eigenvalue weighted by molar-refractivity contribution is -0.121. The fourth-order valence-corrected chi connectivity index (χ4v) is 2.89. The van der Waals surface area contributed by atoms with Crippen molar-refractivity contribution in [1.82, 2.24) is 14.9 Å². The molecule has 0 saturated carbocycles. The molecule has 1 amide bonds. The van der Waals surface area contributed by atoms with E-state index in [2.05, 4.69) is 22.4 Å². The molecule has 23 heavy (non-hydrogen) atoms. The van der Waals surface area contributed by atoms with E-state index in [0.717, 1.165) is 30.6 Å². The molecule has 6 nitrogen and oxygen atoms in total. The lowest BCUT2D eigenvalue weighted by Crippen LogP contribution is -2.32. The summed E-state index contributed by atoms with van der Waals surface area (Å²) in [5.74, 6) is 0.562. The Morgan fingerprint density at radius 2 is 2.13 bits per heavy atom. The first-order valence-corrected chi connectivity index (χ1v) is 7.64. The number of benzene rings is 1. The Labute approximate surface area is 134 Å². The second-order valence-electron chi connectivity index (χ2n) is 5.59. The average molecular weight is 313 g/mol. The Kier molecular flexibility index (Phi) is 4.41. The van der Waals surface area contributed by atoms with Gasteiger partial charge < -0.3 is 10.1 Å². The van der Waals surface area contributed by atoms with Gasteiger partial charge in [0, 0.05) is 24.5 Å². The van der Waals surface area contributed by atoms with E-state index >= 15 is 0 Å². The predicted molar refractivity (Wildman–Crippen MR) is 85.4 cm³/mol. The third kappa shape index (κ3) is 3.41. The zero-order valence-corrected chi connectivity index (χ0v) is 13.0. The summed E-state index contributed by atoms with van der Waals surface area (Å²) in [6.07, 6.45) is 6.28. The highest BCUT2D eigenvalue weighted by atomic mass is 16.5. The Bertz CT molecular complexity index is 783. The van der Waals surface area contributed by atoms with Gasteiger partial charge in [-0.3, -0.25) is 9.36 Å². The second kappa shape index (κ2) is 6.64. The van der Waals surface area contributed by atoms with Crippen molar-refractivity contribution in [2.45, 2.75) is 32.4 Å². The SMILES string of the molecule is COc1cc2c(cc1CNC(=O)Cn1cccnc1=O)CCC2. The molecule has 1 aliphatic rings. The van der Waals surface area contributed by atoms with Crippen LogP contribution in [0.3, 0.4) is 0 Å². The van der Waals surface area contributed by atoms with Crippen LogP contribution in [0, 0.1) is 0 Å². The van der Waals surface area contributed by atoms with E-state index in [4.69, 9.17) is 4.74 Å². The van der Waals surface area contributed by atoms with E-state index in [1.807, 2.05) is 0 Å². The van der Waals surface area contributed by atoms with Gasteiger partial charge in [-0.15, -0.1) is 0 Å². The lowest BCUT2D eigenvalue weighted by Gasteiger charge is -2.13. The van der Waals surface area contributed by atoms with Crippen LogP contribution in [0.25, 0.3) is 0 Å². The van der Waals surface area contributed by atoms with Gasteiger partial charge in [0.2, 0.25) is 5.91 Å². The van der Waals surface area contributed by atoms with Crippen LogP contribution in [-0.4, -0.2) is 22.6 Å². The Hall–Kier alpha value is -2.63. The number of carbonyl (C=O) groups is 1. The van der Waals surface area contributed by atoms with Crippen LogP contribution < -0.4 is 15.7 Å². The van der Waals surface area contributed by atoms with Gasteiger partial charge in [-0.1, -0.05) is 6.07 Å². The van der Waals surface area contributed by atoms with Crippen molar-refractivity contribution in [3.05, 3.63) is 57.8 Å². The molecule has 0 fully saturated rings. The van der Waals surface area contributed by atoms with Crippen LogP contribution in [-0.2, 0) is 30.7 Å². The minimum atomic E-state index is -0.433. The molecule has 0 spiro atoms. The maximum Gasteiger partial charge on any atom is 0.347 e. The predicted octanol–water partition coefficient (Wildman–Crippen LogP) is 1.06. The number of nitrogens with zero attached hydrogens (tertiary/aromatic N) is 2. The molecule has 3 rings (SSSR count). The Morgan fingerprint density at radius 1 is 1.35 bits per heavy atom. The third-order valence-corrected chi connectivity index (χ3v) is 4.07. The van der Waals surface area contributed by atoms with Crippen molar-refractivity contribution in [1.29, 1.82) is 0 Å². The number of amides is 1. The summed E-state index contributed by atoms with van der Waals surface area (Å²) >= 11 is 0. The smallest absolute Gasteiger partial charge is 0.347 e. The van der Waals surface area contributed by atoms with E-state index in [9.17, 15) is 9.59 Å². The molecule has 6 heteroatoms. The first-order chi connectivity index (χ1) is 11.2. The normalized spacial score (nSPS) is 12.7. The molecule has 2 aromatic rings. The van der Waals surface area contributed by atoms with E-state index in [-0.39, 0.29) is 12.5 Å². The summed E-state index contributed by atoms with van der Waals surface area (Å²) in [5, 5.41) is 2.83. The number of aryl methyl sites for hydroxylation is 2. The first kappa shape index (κ1) is 15.3. The number of methoxy groups -OCH3 is 1. The minimum Gasteiger partial charge on any atom is -0.496 e. The fourth-order valence-electron chi connectivity index (χ4n) is 2.89. The van der Waals surface area contributed by atoms with Gasteiger partial charge in [-0.25, -0.2) is 9.78 Å². The van der Waals surface area contributed by atoms with Crippen LogP contribution in [0.5, 0.6) is 5.75 Å². The van der Waals surface area contributed by atoms with Crippen LogP contribution in [0.4, 0.5) is 0 Å². The van der Waals surface area contributed by atoms with Crippen molar-refractivity contribution in [3.8, 4) is 5.75 Å². The largest absolute Gasteiger partial charge is 0.496 e. The van der Waals surface area contributed by atoms with Gasteiger partial charge in [0.15, 0.2) is 0 Å². The molecular formula is C17H19N3O3. The van der Waals surface area contributed by atoms with Gasteiger partial charge >= 0.3 is 5.69 Å². The molecule has 0 aliphatic heterocycles. The van der Waals surface area contributed by atoms with E-state index < -0.39 is 5.69 Å². The highest BCUT2D eigenvalue weighted by Gasteiger charge is 2.15. The first-order valence-electron chi connectivity index (χ1n) is 7.64. The number of rotatable bonds is 5. The standard InChI is InChI=1S/C17H19N3O3/c1-23-15-9-13-5-2-4-12(13)8-14(15)10-19-16(21)11-20-7-3-6-18-17(20)22/h3,6-9H,2,4-5,10-11H2,1H3,(H,19,21). The van der Waals surface area contributed by atoms with Gasteiger partial charge in [0.05, 0.1) is 7.11 Å². The van der Waals surface area contributed by atoms with Crippen LogP contribution in [0.2, 0.25) is 0 Å². The molecule has 1 aromatic heterocycles. The number of ether oxygens (including phenoxy) is 1. The molecule has 0 saturated heterocycles. The molecule has 0 bridgehead atoms. The maximum absolute atomic E-state index is 12.0. The van der Waals surface area contributed by atoms with Crippen molar-refractivity contribution in [2.75, 3.05) is 7.11 Å². The molecule has 120 valence electrons. The van der Waals surface area contributed by atoms with Gasteiger partial charge in [-0.2, -0.15) is 0 Å². The zero-order valence-electron chi connectivity index (χ0n) is 13.0. The summed E-state index contributed by atoms with van der Waals surface area (Å²) in [6, 6.07) is 5.80. The van der Waals surface area contributed by atoms with Gasteiger partial charge in [0.25, 0.3) is 0 Å². The summed E-state index contributed by atoms with van der Waals surface area (Å²) in [6.45, 7) is 0.338. The van der Waals surface area contributed by atoms with Crippen molar-refractivity contribution in [2.24, 2.45) is 0 Å². The summed E-state index contributed by atoms with van der Waals surface area (Å²) in [5.41, 5.74) is 3.19. The monoisotopic (exact) mass is 313 g/mol. The fraction of sp³-hybridized carbons (Fsp3) is 0.353. The third-order valence-electron chi connectivity index (χ3n) is 4.07. The molecular weight excluding hydrogens is 294 g/mol. The topological polar surface area (TPSA) is 73.2 Å². The van der Waals surface area contributed by atoms with Gasteiger partial charge in [0.1, 0.15) is 12.3 Å². The lowest BCUT2D eigenvalue weighted by atomic mass is 10.0. The number of hydrogen-bond donors (Lipinski definition) is 1. The van der Waals surface area contributed by atoms with Gasteiger partial charge in [-0.05, 0) is 42.5 Å². The summed E-state index contributed by atoms with van der Waals surface area (Å²) in [4.78, 5) is 27.2. The summed E-state index contributed by atoms with van der Waals surface area (Å²) < 4.78 is 6.70.